The number of hydrogen-bond acceptors (Lipinski definition) is 1. The van der Waals surface area contributed by atoms with E-state index in [1.807, 2.05) is 13.0 Å². The van der Waals surface area contributed by atoms with E-state index >= 15 is 0 Å². The van der Waals surface area contributed by atoms with Gasteiger partial charge in [0, 0.05) is 0 Å². The molecule has 70 valence electrons. The molecule has 1 nitrogen and oxygen atoms in total. The van der Waals surface area contributed by atoms with Crippen LogP contribution in [0.5, 0.6) is 0 Å². The van der Waals surface area contributed by atoms with E-state index in [0.717, 1.165) is 19.3 Å². The van der Waals surface area contributed by atoms with E-state index in [1.54, 1.807) is 0 Å². The zero-order chi connectivity index (χ0) is 9.41. The first kappa shape index (κ1) is 9.79. The fraction of sp³-hybridized carbons (Fsp3) is 0.818. The highest BCUT2D eigenvalue weighted by Gasteiger charge is 2.35. The van der Waals surface area contributed by atoms with Gasteiger partial charge in [0.1, 0.15) is 0 Å². The minimum Gasteiger partial charge on any atom is -0.386 e. The van der Waals surface area contributed by atoms with Crippen LogP contribution in [0, 0.1) is 5.41 Å². The average molecular weight is 168 g/mol. The monoisotopic (exact) mass is 168 g/mol. The molecule has 0 aliphatic heterocycles. The zero-order valence-corrected chi connectivity index (χ0v) is 8.65. The lowest BCUT2D eigenvalue weighted by atomic mass is 9.70. The van der Waals surface area contributed by atoms with Gasteiger partial charge in [-0.25, -0.2) is 0 Å². The van der Waals surface area contributed by atoms with Crippen LogP contribution in [0.3, 0.4) is 0 Å². The predicted octanol–water partition coefficient (Wildman–Crippen LogP) is 2.89. The fourth-order valence-electron chi connectivity index (χ4n) is 2.43. The molecule has 0 aromatic carbocycles. The van der Waals surface area contributed by atoms with Crippen LogP contribution in [0.2, 0.25) is 0 Å². The highest BCUT2D eigenvalue weighted by molar-refractivity contribution is 5.16. The molecule has 0 saturated heterocycles. The van der Waals surface area contributed by atoms with Crippen LogP contribution in [0.25, 0.3) is 0 Å². The molecular weight excluding hydrogens is 148 g/mol. The fourth-order valence-corrected chi connectivity index (χ4v) is 2.43. The maximum Gasteiger partial charge on any atom is 0.0832 e. The Balaban J connectivity index is 2.88. The number of allylic oxidation sites excluding steroid dienone is 1. The lowest BCUT2D eigenvalue weighted by molar-refractivity contribution is 0.0279. The van der Waals surface area contributed by atoms with E-state index < -0.39 is 5.60 Å². The van der Waals surface area contributed by atoms with E-state index in [1.165, 1.54) is 5.57 Å². The summed E-state index contributed by atoms with van der Waals surface area (Å²) in [6, 6.07) is 0. The Bertz CT molecular complexity index is 203. The van der Waals surface area contributed by atoms with Crippen molar-refractivity contribution in [3.05, 3.63) is 11.6 Å². The molecule has 0 saturated carbocycles. The lowest BCUT2D eigenvalue weighted by Gasteiger charge is -2.39. The first-order valence-electron chi connectivity index (χ1n) is 4.78. The van der Waals surface area contributed by atoms with Crippen LogP contribution in [-0.4, -0.2) is 10.7 Å². The van der Waals surface area contributed by atoms with E-state index in [4.69, 9.17) is 0 Å². The van der Waals surface area contributed by atoms with Gasteiger partial charge < -0.3 is 5.11 Å². The molecule has 0 radical (unpaired) electrons. The SMILES string of the molecule is CC[C@@]1(O)C=C(C)CC(C)(C)C1. The summed E-state index contributed by atoms with van der Waals surface area (Å²) < 4.78 is 0. The van der Waals surface area contributed by atoms with Gasteiger partial charge in [0.05, 0.1) is 5.60 Å². The van der Waals surface area contributed by atoms with E-state index in [-0.39, 0.29) is 5.41 Å². The summed E-state index contributed by atoms with van der Waals surface area (Å²) in [7, 11) is 0. The largest absolute Gasteiger partial charge is 0.386 e. The number of hydrogen-bond donors (Lipinski definition) is 1. The molecule has 1 aliphatic rings. The van der Waals surface area contributed by atoms with Crippen LogP contribution >= 0.6 is 0 Å². The van der Waals surface area contributed by atoms with Gasteiger partial charge >= 0.3 is 0 Å². The van der Waals surface area contributed by atoms with Gasteiger partial charge in [0.25, 0.3) is 0 Å². The minimum absolute atomic E-state index is 0.267. The normalized spacial score (nSPS) is 34.6. The third-order valence-corrected chi connectivity index (χ3v) is 2.67. The standard InChI is InChI=1S/C11H20O/c1-5-11(12)7-9(2)6-10(3,4)8-11/h7,12H,5-6,8H2,1-4H3/t11-/m1/s1. The molecule has 0 unspecified atom stereocenters. The van der Waals surface area contributed by atoms with Crippen LogP contribution in [0.15, 0.2) is 11.6 Å². The molecule has 1 N–H and O–H groups in total. The highest BCUT2D eigenvalue weighted by atomic mass is 16.3. The Morgan fingerprint density at radius 3 is 2.50 bits per heavy atom. The van der Waals surface area contributed by atoms with E-state index in [2.05, 4.69) is 20.8 Å². The Morgan fingerprint density at radius 2 is 2.08 bits per heavy atom. The van der Waals surface area contributed by atoms with Crippen molar-refractivity contribution in [3.63, 3.8) is 0 Å². The minimum atomic E-state index is -0.536. The molecule has 0 fully saturated rings. The molecule has 1 rings (SSSR count). The second kappa shape index (κ2) is 2.88. The van der Waals surface area contributed by atoms with E-state index in [9.17, 15) is 5.11 Å². The molecule has 1 aliphatic carbocycles. The summed E-state index contributed by atoms with van der Waals surface area (Å²) in [4.78, 5) is 0. The molecule has 0 heterocycles. The van der Waals surface area contributed by atoms with Crippen molar-refractivity contribution in [2.24, 2.45) is 5.41 Å². The van der Waals surface area contributed by atoms with Crippen LogP contribution < -0.4 is 0 Å². The first-order valence-corrected chi connectivity index (χ1v) is 4.78. The van der Waals surface area contributed by atoms with Gasteiger partial charge in [-0.05, 0) is 31.6 Å². The molecule has 0 spiro atoms. The van der Waals surface area contributed by atoms with Crippen LogP contribution in [0.4, 0.5) is 0 Å². The summed E-state index contributed by atoms with van der Waals surface area (Å²) in [5.41, 5.74) is 1.06. The molecule has 0 amide bonds. The Hall–Kier alpha value is -0.300. The van der Waals surface area contributed by atoms with Crippen LogP contribution in [0.1, 0.15) is 47.0 Å². The smallest absolute Gasteiger partial charge is 0.0832 e. The average Bonchev–Trinajstić information content (AvgIpc) is 1.82. The molecule has 1 heteroatoms. The topological polar surface area (TPSA) is 20.2 Å². The van der Waals surface area contributed by atoms with Crippen LogP contribution in [-0.2, 0) is 0 Å². The molecule has 0 aromatic rings. The lowest BCUT2D eigenvalue weighted by Crippen LogP contribution is -2.36. The first-order chi connectivity index (χ1) is 5.37. The van der Waals surface area contributed by atoms with Gasteiger partial charge in [0.15, 0.2) is 0 Å². The van der Waals surface area contributed by atoms with Crippen molar-refractivity contribution in [2.45, 2.75) is 52.6 Å². The van der Waals surface area contributed by atoms with Gasteiger partial charge in [0.2, 0.25) is 0 Å². The summed E-state index contributed by atoms with van der Waals surface area (Å²) in [5, 5.41) is 10.1. The van der Waals surface area contributed by atoms with Crippen molar-refractivity contribution in [1.82, 2.24) is 0 Å². The van der Waals surface area contributed by atoms with E-state index in [0.29, 0.717) is 0 Å². The van der Waals surface area contributed by atoms with Gasteiger partial charge in [-0.3, -0.25) is 0 Å². The molecule has 0 aromatic heterocycles. The summed E-state index contributed by atoms with van der Waals surface area (Å²) >= 11 is 0. The quantitative estimate of drug-likeness (QED) is 0.597. The van der Waals surface area contributed by atoms with Crippen molar-refractivity contribution >= 4 is 0 Å². The second-order valence-corrected chi connectivity index (χ2v) is 4.97. The Labute approximate surface area is 75.5 Å². The number of rotatable bonds is 1. The van der Waals surface area contributed by atoms with Gasteiger partial charge in [-0.1, -0.05) is 32.4 Å². The molecule has 0 bridgehead atoms. The van der Waals surface area contributed by atoms with Crippen molar-refractivity contribution < 1.29 is 5.11 Å². The third kappa shape index (κ3) is 2.10. The van der Waals surface area contributed by atoms with Crippen molar-refractivity contribution in [3.8, 4) is 0 Å². The molecule has 12 heavy (non-hydrogen) atoms. The number of aliphatic hydroxyl groups is 1. The Morgan fingerprint density at radius 1 is 1.50 bits per heavy atom. The van der Waals surface area contributed by atoms with Gasteiger partial charge in [-0.15, -0.1) is 0 Å². The zero-order valence-electron chi connectivity index (χ0n) is 8.65. The molecular formula is C11H20O. The summed E-state index contributed by atoms with van der Waals surface area (Å²) in [5.74, 6) is 0. The summed E-state index contributed by atoms with van der Waals surface area (Å²) in [6.07, 6.45) is 4.88. The predicted molar refractivity (Wildman–Crippen MR) is 52.0 cm³/mol. The maximum atomic E-state index is 10.1. The summed E-state index contributed by atoms with van der Waals surface area (Å²) in [6.45, 7) is 8.61. The highest BCUT2D eigenvalue weighted by Crippen LogP contribution is 2.41. The second-order valence-electron chi connectivity index (χ2n) is 4.97. The third-order valence-electron chi connectivity index (χ3n) is 2.67. The van der Waals surface area contributed by atoms with Crippen molar-refractivity contribution in [1.29, 1.82) is 0 Å². The maximum absolute atomic E-state index is 10.1. The van der Waals surface area contributed by atoms with Gasteiger partial charge in [-0.2, -0.15) is 0 Å². The Kier molecular flexibility index (Phi) is 2.35. The van der Waals surface area contributed by atoms with Crippen molar-refractivity contribution in [2.75, 3.05) is 0 Å². The molecule has 1 atom stereocenters.